The van der Waals surface area contributed by atoms with Crippen LogP contribution < -0.4 is 5.32 Å². The van der Waals surface area contributed by atoms with Crippen molar-refractivity contribution in [2.75, 3.05) is 5.32 Å². The minimum Gasteiger partial charge on any atom is -0.407 e. The molecule has 0 unspecified atom stereocenters. The molecule has 0 aliphatic heterocycles. The maximum Gasteiger partial charge on any atom is 0.322 e. The van der Waals surface area contributed by atoms with Crippen molar-refractivity contribution in [3.63, 3.8) is 0 Å². The SMILES string of the molecule is CCc1ccc(Cc2nnc(NC(=O)c3c(F)cccc3F)o2)cc1. The Morgan fingerprint density at radius 1 is 1.04 bits per heavy atom. The first-order valence-electron chi connectivity index (χ1n) is 7.72. The van der Waals surface area contributed by atoms with Crippen molar-refractivity contribution in [3.8, 4) is 0 Å². The quantitative estimate of drug-likeness (QED) is 0.766. The number of benzene rings is 2. The van der Waals surface area contributed by atoms with E-state index in [0.717, 1.165) is 24.1 Å². The van der Waals surface area contributed by atoms with Gasteiger partial charge in [0, 0.05) is 0 Å². The number of carbonyl (C=O) groups excluding carboxylic acids is 1. The summed E-state index contributed by atoms with van der Waals surface area (Å²) in [4.78, 5) is 12.0. The summed E-state index contributed by atoms with van der Waals surface area (Å²) in [5.41, 5.74) is 1.49. The Morgan fingerprint density at radius 2 is 1.68 bits per heavy atom. The third-order valence-corrected chi connectivity index (χ3v) is 3.66. The Bertz CT molecular complexity index is 871. The van der Waals surface area contributed by atoms with E-state index >= 15 is 0 Å². The van der Waals surface area contributed by atoms with Crippen LogP contribution in [-0.2, 0) is 12.8 Å². The zero-order chi connectivity index (χ0) is 17.8. The van der Waals surface area contributed by atoms with Crippen LogP contribution in [0, 0.1) is 11.6 Å². The first kappa shape index (κ1) is 16.8. The van der Waals surface area contributed by atoms with E-state index in [2.05, 4.69) is 22.4 Å². The fraction of sp³-hybridized carbons (Fsp3) is 0.167. The largest absolute Gasteiger partial charge is 0.407 e. The summed E-state index contributed by atoms with van der Waals surface area (Å²) in [5.74, 6) is -2.63. The molecule has 1 N–H and O–H groups in total. The van der Waals surface area contributed by atoms with E-state index in [0.29, 0.717) is 6.42 Å². The lowest BCUT2D eigenvalue weighted by Crippen LogP contribution is -2.16. The number of hydrogen-bond donors (Lipinski definition) is 1. The Morgan fingerprint density at radius 3 is 2.32 bits per heavy atom. The summed E-state index contributed by atoms with van der Waals surface area (Å²) in [6.45, 7) is 2.07. The van der Waals surface area contributed by atoms with Gasteiger partial charge in [-0.3, -0.25) is 10.1 Å². The molecule has 1 amide bonds. The van der Waals surface area contributed by atoms with Crippen LogP contribution in [-0.4, -0.2) is 16.1 Å². The average molecular weight is 343 g/mol. The van der Waals surface area contributed by atoms with Crippen LogP contribution in [0.2, 0.25) is 0 Å². The van der Waals surface area contributed by atoms with Crippen LogP contribution in [0.25, 0.3) is 0 Å². The number of aromatic nitrogens is 2. The number of aryl methyl sites for hydroxylation is 1. The summed E-state index contributed by atoms with van der Waals surface area (Å²) in [6, 6.07) is 10.9. The first-order chi connectivity index (χ1) is 12.1. The lowest BCUT2D eigenvalue weighted by molar-refractivity contribution is 0.101. The topological polar surface area (TPSA) is 68.0 Å². The molecule has 0 aliphatic carbocycles. The van der Waals surface area contributed by atoms with E-state index in [1.807, 2.05) is 24.3 Å². The average Bonchev–Trinajstić information content (AvgIpc) is 3.02. The van der Waals surface area contributed by atoms with Crippen LogP contribution in [0.1, 0.15) is 34.3 Å². The van der Waals surface area contributed by atoms with Gasteiger partial charge < -0.3 is 4.42 Å². The second kappa shape index (κ2) is 7.21. The summed E-state index contributed by atoms with van der Waals surface area (Å²) in [6.07, 6.45) is 1.34. The molecular formula is C18H15F2N3O2. The lowest BCUT2D eigenvalue weighted by Gasteiger charge is -2.03. The standard InChI is InChI=1S/C18H15F2N3O2/c1-2-11-6-8-12(9-7-11)10-15-22-23-18(25-15)21-17(24)16-13(19)4-3-5-14(16)20/h3-9H,2,10H2,1H3,(H,21,23,24). The summed E-state index contributed by atoms with van der Waals surface area (Å²) < 4.78 is 32.5. The number of amides is 1. The number of nitrogens with one attached hydrogen (secondary N) is 1. The normalized spacial score (nSPS) is 10.7. The van der Waals surface area contributed by atoms with E-state index in [1.54, 1.807) is 0 Å². The summed E-state index contributed by atoms with van der Waals surface area (Å²) in [5, 5.41) is 9.71. The molecule has 0 atom stereocenters. The summed E-state index contributed by atoms with van der Waals surface area (Å²) in [7, 11) is 0. The molecule has 0 saturated heterocycles. The smallest absolute Gasteiger partial charge is 0.322 e. The van der Waals surface area contributed by atoms with E-state index in [4.69, 9.17) is 4.42 Å². The van der Waals surface area contributed by atoms with Crippen LogP contribution in [0.4, 0.5) is 14.8 Å². The van der Waals surface area contributed by atoms with E-state index in [-0.39, 0.29) is 11.9 Å². The molecular weight excluding hydrogens is 328 g/mol. The van der Waals surface area contributed by atoms with Gasteiger partial charge in [0.2, 0.25) is 5.89 Å². The number of hydrogen-bond acceptors (Lipinski definition) is 4. The van der Waals surface area contributed by atoms with Gasteiger partial charge in [0.05, 0.1) is 6.42 Å². The number of rotatable bonds is 5. The van der Waals surface area contributed by atoms with Crippen molar-refractivity contribution in [2.24, 2.45) is 0 Å². The van der Waals surface area contributed by atoms with Gasteiger partial charge in [-0.25, -0.2) is 8.78 Å². The second-order valence-electron chi connectivity index (χ2n) is 5.40. The third-order valence-electron chi connectivity index (χ3n) is 3.66. The van der Waals surface area contributed by atoms with Gasteiger partial charge in [-0.05, 0) is 29.7 Å². The summed E-state index contributed by atoms with van der Waals surface area (Å²) >= 11 is 0. The molecule has 0 aliphatic rings. The maximum atomic E-state index is 13.6. The lowest BCUT2D eigenvalue weighted by atomic mass is 10.1. The van der Waals surface area contributed by atoms with Crippen molar-refractivity contribution in [1.82, 2.24) is 10.2 Å². The molecule has 128 valence electrons. The van der Waals surface area contributed by atoms with Gasteiger partial charge in [0.25, 0.3) is 5.91 Å². The molecule has 0 fully saturated rings. The number of nitrogens with zero attached hydrogens (tertiary/aromatic N) is 2. The van der Waals surface area contributed by atoms with Crippen molar-refractivity contribution >= 4 is 11.9 Å². The molecule has 0 spiro atoms. The first-order valence-corrected chi connectivity index (χ1v) is 7.72. The predicted molar refractivity (Wildman–Crippen MR) is 87.2 cm³/mol. The van der Waals surface area contributed by atoms with Gasteiger partial charge in [-0.15, -0.1) is 5.10 Å². The number of anilines is 1. The second-order valence-corrected chi connectivity index (χ2v) is 5.40. The molecule has 2 aromatic carbocycles. The van der Waals surface area contributed by atoms with Crippen LogP contribution in [0.5, 0.6) is 0 Å². The molecule has 0 radical (unpaired) electrons. The third kappa shape index (κ3) is 3.88. The van der Waals surface area contributed by atoms with Crippen LogP contribution in [0.3, 0.4) is 0 Å². The highest BCUT2D eigenvalue weighted by Gasteiger charge is 2.19. The molecule has 0 saturated carbocycles. The molecule has 3 aromatic rings. The molecule has 1 heterocycles. The molecule has 1 aromatic heterocycles. The highest BCUT2D eigenvalue weighted by atomic mass is 19.1. The fourth-order valence-electron chi connectivity index (χ4n) is 2.32. The van der Waals surface area contributed by atoms with Crippen LogP contribution >= 0.6 is 0 Å². The maximum absolute atomic E-state index is 13.6. The zero-order valence-corrected chi connectivity index (χ0v) is 13.4. The highest BCUT2D eigenvalue weighted by Crippen LogP contribution is 2.16. The van der Waals surface area contributed by atoms with Gasteiger partial charge in [0.15, 0.2) is 0 Å². The Kier molecular flexibility index (Phi) is 4.83. The van der Waals surface area contributed by atoms with Crippen LogP contribution in [0.15, 0.2) is 46.9 Å². The minimum absolute atomic E-state index is 0.215. The van der Waals surface area contributed by atoms with E-state index < -0.39 is 23.1 Å². The fourth-order valence-corrected chi connectivity index (χ4v) is 2.32. The Hall–Kier alpha value is -3.09. The van der Waals surface area contributed by atoms with Crippen molar-refractivity contribution < 1.29 is 18.0 Å². The monoisotopic (exact) mass is 343 g/mol. The minimum atomic E-state index is -0.988. The van der Waals surface area contributed by atoms with Crippen molar-refractivity contribution in [2.45, 2.75) is 19.8 Å². The molecule has 5 nitrogen and oxygen atoms in total. The molecule has 25 heavy (non-hydrogen) atoms. The highest BCUT2D eigenvalue weighted by molar-refractivity contribution is 6.03. The van der Waals surface area contributed by atoms with Crippen molar-refractivity contribution in [1.29, 1.82) is 0 Å². The van der Waals surface area contributed by atoms with Gasteiger partial charge in [-0.2, -0.15) is 0 Å². The Balaban J connectivity index is 1.70. The van der Waals surface area contributed by atoms with E-state index in [9.17, 15) is 13.6 Å². The van der Waals surface area contributed by atoms with Gasteiger partial charge in [-0.1, -0.05) is 42.4 Å². The van der Waals surface area contributed by atoms with Gasteiger partial charge in [0.1, 0.15) is 17.2 Å². The van der Waals surface area contributed by atoms with E-state index in [1.165, 1.54) is 11.6 Å². The predicted octanol–water partition coefficient (Wildman–Crippen LogP) is 3.75. The molecule has 7 heteroatoms. The number of carbonyl (C=O) groups is 1. The molecule has 0 bridgehead atoms. The Labute approximate surface area is 142 Å². The van der Waals surface area contributed by atoms with Crippen molar-refractivity contribution in [3.05, 3.63) is 76.7 Å². The molecule has 3 rings (SSSR count). The van der Waals surface area contributed by atoms with Gasteiger partial charge >= 0.3 is 6.01 Å². The number of halogens is 2. The zero-order valence-electron chi connectivity index (χ0n) is 13.4.